The number of rotatable bonds is 9. The molecule has 3 saturated heterocycles. The highest BCUT2D eigenvalue weighted by atomic mass is 16.6. The first-order chi connectivity index (χ1) is 20.2. The molecular weight excluding hydrogens is 530 g/mol. The van der Waals surface area contributed by atoms with Crippen LogP contribution >= 0.6 is 0 Å². The fraction of sp³-hybridized carbons (Fsp3) is 0.412. The monoisotopic (exact) mass is 570 g/mol. The molecule has 0 radical (unpaired) electrons. The van der Waals surface area contributed by atoms with Gasteiger partial charge in [-0.2, -0.15) is 0 Å². The largest absolute Gasteiger partial charge is 0.445 e. The van der Waals surface area contributed by atoms with Crippen molar-refractivity contribution in [2.75, 3.05) is 24.7 Å². The molecule has 0 aliphatic carbocycles. The second-order valence-electron chi connectivity index (χ2n) is 12.4. The van der Waals surface area contributed by atoms with E-state index in [-0.39, 0.29) is 18.6 Å². The number of likely N-dealkylation sites (N-methyl/N-ethyl adjacent to an activating group) is 1. The summed E-state index contributed by atoms with van der Waals surface area (Å²) in [5.74, 6) is -0.0519. The van der Waals surface area contributed by atoms with Crippen molar-refractivity contribution in [3.63, 3.8) is 0 Å². The van der Waals surface area contributed by atoms with Gasteiger partial charge in [-0.1, -0.05) is 54.6 Å². The summed E-state index contributed by atoms with van der Waals surface area (Å²) in [6.07, 6.45) is 3.42. The highest BCUT2D eigenvalue weighted by molar-refractivity contribution is 5.92. The molecule has 8 heteroatoms. The van der Waals surface area contributed by atoms with Gasteiger partial charge < -0.3 is 24.4 Å². The van der Waals surface area contributed by atoms with Gasteiger partial charge in [-0.3, -0.25) is 10.1 Å². The maximum Gasteiger partial charge on any atom is 0.411 e. The van der Waals surface area contributed by atoms with Crippen molar-refractivity contribution in [2.24, 2.45) is 0 Å². The van der Waals surface area contributed by atoms with Crippen molar-refractivity contribution in [3.8, 4) is 11.1 Å². The average Bonchev–Trinajstić information content (AvgIpc) is 3.73. The van der Waals surface area contributed by atoms with E-state index in [2.05, 4.69) is 30.8 Å². The number of amides is 2. The number of hydrogen-bond acceptors (Lipinski definition) is 5. The standard InChI is InChI=1S/C34H39N3O5/c1-21-16-23(20-38)13-15-27(21)35-31(39)11-7-8-22-12-14-26(24-9-5-4-6-10-24)28(17-22)36-34(40)41-25-18-29-32-33(42-32)30(19-25)37(29,2)3/h4-6,9-10,12-17,25,29-30,32-33,38H,7-8,11,18-20H2,1-3H3,(H-,35,36,39,40)/p+1/t25?,29-,30+,32-,33+. The number of aliphatic hydroxyl groups excluding tert-OH is 1. The molecular formula is C34H40N3O5+. The van der Waals surface area contributed by atoms with Gasteiger partial charge in [0.2, 0.25) is 5.91 Å². The van der Waals surface area contributed by atoms with Gasteiger partial charge in [-0.05, 0) is 54.2 Å². The molecule has 0 saturated carbocycles. The summed E-state index contributed by atoms with van der Waals surface area (Å²) in [7, 11) is 4.53. The van der Waals surface area contributed by atoms with Crippen molar-refractivity contribution in [1.29, 1.82) is 0 Å². The molecule has 1 unspecified atom stereocenters. The first-order valence-electron chi connectivity index (χ1n) is 14.9. The van der Waals surface area contributed by atoms with Gasteiger partial charge in [0.25, 0.3) is 0 Å². The average molecular weight is 571 g/mol. The second-order valence-corrected chi connectivity index (χ2v) is 12.4. The van der Waals surface area contributed by atoms with Crippen molar-refractivity contribution in [2.45, 2.75) is 76.0 Å². The fourth-order valence-electron chi connectivity index (χ4n) is 6.94. The van der Waals surface area contributed by atoms with Crippen LogP contribution in [0.25, 0.3) is 11.1 Å². The van der Waals surface area contributed by atoms with E-state index in [9.17, 15) is 14.7 Å². The van der Waals surface area contributed by atoms with Crippen LogP contribution in [0.3, 0.4) is 0 Å². The van der Waals surface area contributed by atoms with Crippen LogP contribution in [0.15, 0.2) is 66.7 Å². The molecule has 3 heterocycles. The minimum atomic E-state index is -0.433. The summed E-state index contributed by atoms with van der Waals surface area (Å²) in [6.45, 7) is 1.89. The van der Waals surface area contributed by atoms with Crippen molar-refractivity contribution >= 4 is 23.4 Å². The zero-order valence-corrected chi connectivity index (χ0v) is 24.5. The lowest BCUT2D eigenvalue weighted by atomic mass is 9.96. The Labute approximate surface area is 247 Å². The number of aliphatic hydroxyl groups is 1. The lowest BCUT2D eigenvalue weighted by Gasteiger charge is -2.45. The molecule has 3 fully saturated rings. The van der Waals surface area contributed by atoms with Crippen molar-refractivity contribution in [3.05, 3.63) is 83.4 Å². The van der Waals surface area contributed by atoms with Crippen LogP contribution in [-0.2, 0) is 27.3 Å². The van der Waals surface area contributed by atoms with Crippen molar-refractivity contribution in [1.82, 2.24) is 0 Å². The zero-order valence-electron chi connectivity index (χ0n) is 24.5. The van der Waals surface area contributed by atoms with Crippen LogP contribution < -0.4 is 10.6 Å². The SMILES string of the molecule is Cc1cc(CO)ccc1NC(=O)CCCc1ccc(-c2ccccc2)c(NC(=O)OC2C[C@@H]3[C@H]4O[C@H]4[C@H](C2)[N+]3(C)C)c1. The van der Waals surface area contributed by atoms with Crippen molar-refractivity contribution < 1.29 is 28.7 Å². The van der Waals surface area contributed by atoms with Gasteiger partial charge in [0.1, 0.15) is 30.4 Å². The number of carbonyl (C=O) groups is 2. The molecule has 220 valence electrons. The molecule has 2 bridgehead atoms. The molecule has 3 aliphatic heterocycles. The Bertz CT molecular complexity index is 1450. The van der Waals surface area contributed by atoms with E-state index in [1.807, 2.05) is 67.6 Å². The summed E-state index contributed by atoms with van der Waals surface area (Å²) in [5, 5.41) is 15.3. The number of morpholine rings is 1. The molecule has 2 amide bonds. The van der Waals surface area contributed by atoms with Crippen LogP contribution in [-0.4, -0.2) is 66.1 Å². The molecule has 0 aromatic heterocycles. The first kappa shape index (κ1) is 28.4. The lowest BCUT2D eigenvalue weighted by molar-refractivity contribution is -0.938. The predicted octanol–water partition coefficient (Wildman–Crippen LogP) is 5.42. The van der Waals surface area contributed by atoms with Gasteiger partial charge in [-0.15, -0.1) is 0 Å². The molecule has 6 rings (SSSR count). The smallest absolute Gasteiger partial charge is 0.411 e. The van der Waals surface area contributed by atoms with Crippen LogP contribution in [0.4, 0.5) is 16.2 Å². The molecule has 3 N–H and O–H groups in total. The Balaban J connectivity index is 1.09. The topological polar surface area (TPSA) is 100 Å². The fourth-order valence-corrected chi connectivity index (χ4v) is 6.94. The number of fused-ring (bicyclic) bond motifs is 5. The normalized spacial score (nSPS) is 24.9. The van der Waals surface area contributed by atoms with E-state index in [1.165, 1.54) is 0 Å². The Morgan fingerprint density at radius 3 is 2.33 bits per heavy atom. The van der Waals surface area contributed by atoms with Gasteiger partial charge in [0, 0.05) is 30.5 Å². The van der Waals surface area contributed by atoms with E-state index < -0.39 is 6.09 Å². The lowest BCUT2D eigenvalue weighted by Crippen LogP contribution is -2.60. The predicted molar refractivity (Wildman–Crippen MR) is 162 cm³/mol. The number of piperidine rings is 1. The molecule has 42 heavy (non-hydrogen) atoms. The number of quaternary nitrogens is 1. The molecule has 3 aliphatic rings. The number of ether oxygens (including phenoxy) is 2. The maximum absolute atomic E-state index is 13.2. The van der Waals surface area contributed by atoms with E-state index in [0.29, 0.717) is 49.2 Å². The minimum Gasteiger partial charge on any atom is -0.445 e. The number of nitrogens with one attached hydrogen (secondary N) is 2. The zero-order chi connectivity index (χ0) is 29.4. The third-order valence-electron chi connectivity index (χ3n) is 9.33. The van der Waals surface area contributed by atoms with Crippen LogP contribution in [0.1, 0.15) is 42.4 Å². The third kappa shape index (κ3) is 5.79. The van der Waals surface area contributed by atoms with Crippen LogP contribution in [0, 0.1) is 6.92 Å². The van der Waals surface area contributed by atoms with Gasteiger partial charge >= 0.3 is 6.09 Å². The number of epoxide rings is 1. The summed E-state index contributed by atoms with van der Waals surface area (Å²) >= 11 is 0. The van der Waals surface area contributed by atoms with E-state index in [0.717, 1.165) is 50.8 Å². The number of benzene rings is 3. The van der Waals surface area contributed by atoms with E-state index in [4.69, 9.17) is 9.47 Å². The number of carbonyl (C=O) groups excluding carboxylic acids is 2. The van der Waals surface area contributed by atoms with Gasteiger partial charge in [0.15, 0.2) is 0 Å². The second kappa shape index (κ2) is 11.5. The molecule has 8 nitrogen and oxygen atoms in total. The summed E-state index contributed by atoms with van der Waals surface area (Å²) in [5.41, 5.74) is 6.16. The highest BCUT2D eigenvalue weighted by Gasteiger charge is 2.70. The number of aryl methyl sites for hydroxylation is 2. The Morgan fingerprint density at radius 2 is 1.64 bits per heavy atom. The molecule has 0 spiro atoms. The molecule has 3 aromatic rings. The third-order valence-corrected chi connectivity index (χ3v) is 9.33. The highest BCUT2D eigenvalue weighted by Crippen LogP contribution is 2.51. The van der Waals surface area contributed by atoms with Gasteiger partial charge in [0.05, 0.1) is 26.4 Å². The minimum absolute atomic E-state index is 0.0256. The summed E-state index contributed by atoms with van der Waals surface area (Å²) < 4.78 is 12.8. The van der Waals surface area contributed by atoms with E-state index in [1.54, 1.807) is 0 Å². The Morgan fingerprint density at radius 1 is 0.929 bits per heavy atom. The summed E-state index contributed by atoms with van der Waals surface area (Å²) in [4.78, 5) is 25.8. The maximum atomic E-state index is 13.2. The van der Waals surface area contributed by atoms with Gasteiger partial charge in [-0.25, -0.2) is 4.79 Å². The number of nitrogens with zero attached hydrogens (tertiary/aromatic N) is 1. The van der Waals surface area contributed by atoms with Crippen LogP contribution in [0.2, 0.25) is 0 Å². The van der Waals surface area contributed by atoms with Crippen LogP contribution in [0.5, 0.6) is 0 Å². The van der Waals surface area contributed by atoms with E-state index >= 15 is 0 Å². The molecule has 3 aromatic carbocycles. The summed E-state index contributed by atoms with van der Waals surface area (Å²) in [6, 6.07) is 22.3. The Kier molecular flexibility index (Phi) is 7.79. The Hall–Kier alpha value is -3.72. The molecule has 5 atom stereocenters. The quantitative estimate of drug-likeness (QED) is 0.236. The number of hydrogen-bond donors (Lipinski definition) is 3. The first-order valence-corrected chi connectivity index (χ1v) is 14.9. The number of anilines is 2.